The zero-order valence-corrected chi connectivity index (χ0v) is 7.51. The van der Waals surface area contributed by atoms with Crippen molar-refractivity contribution in [3.63, 3.8) is 0 Å². The molecule has 0 aliphatic heterocycles. The highest BCUT2D eigenvalue weighted by molar-refractivity contribution is 8.03. The van der Waals surface area contributed by atoms with Gasteiger partial charge in [-0.15, -0.1) is 0 Å². The Balaban J connectivity index is 2.76. The zero-order valence-electron chi connectivity index (χ0n) is 6.69. The molecule has 2 nitrogen and oxygen atoms in total. The number of benzene rings is 1. The molecular weight excluding hydrogens is 170 g/mol. The Hall–Kier alpha value is -1.14. The Morgan fingerprint density at radius 1 is 1.42 bits per heavy atom. The second-order valence-electron chi connectivity index (χ2n) is 2.44. The number of thioether (sulfide) groups is 1. The molecule has 0 saturated carbocycles. The second-order valence-corrected chi connectivity index (χ2v) is 3.57. The van der Waals surface area contributed by atoms with Crippen LogP contribution in [0.25, 0.3) is 0 Å². The molecule has 0 aliphatic carbocycles. The summed E-state index contributed by atoms with van der Waals surface area (Å²) in [6.45, 7) is 1.96. The molecule has 0 radical (unpaired) electrons. The van der Waals surface area contributed by atoms with E-state index in [1.165, 1.54) is 11.8 Å². The summed E-state index contributed by atoms with van der Waals surface area (Å²) in [5.74, 6) is 0.257. The van der Waals surface area contributed by atoms with Crippen LogP contribution in [0, 0.1) is 10.7 Å². The van der Waals surface area contributed by atoms with Gasteiger partial charge < -0.3 is 5.11 Å². The van der Waals surface area contributed by atoms with Crippen molar-refractivity contribution >= 4 is 11.8 Å². The number of phenolic OH excluding ortho intramolecular Hbond substituents is 1. The second kappa shape index (κ2) is 4.03. The minimum atomic E-state index is 0.163. The van der Waals surface area contributed by atoms with E-state index >= 15 is 0 Å². The standard InChI is InChI=1S/C9H9NOS/c1-7(12-6-10)8-2-4-9(11)5-3-8/h2-5,7,11H,1H3. The molecule has 0 spiro atoms. The van der Waals surface area contributed by atoms with Gasteiger partial charge in [0.15, 0.2) is 0 Å². The Kier molecular flexibility index (Phi) is 3.01. The molecule has 1 rings (SSSR count). The highest BCUT2D eigenvalue weighted by atomic mass is 32.2. The van der Waals surface area contributed by atoms with Crippen LogP contribution in [0.2, 0.25) is 0 Å². The Labute approximate surface area is 75.8 Å². The molecule has 3 heteroatoms. The van der Waals surface area contributed by atoms with E-state index in [0.717, 1.165) is 5.56 Å². The quantitative estimate of drug-likeness (QED) is 0.710. The van der Waals surface area contributed by atoms with Crippen molar-refractivity contribution in [2.45, 2.75) is 12.2 Å². The highest BCUT2D eigenvalue weighted by Gasteiger charge is 2.04. The van der Waals surface area contributed by atoms with Gasteiger partial charge in [0.05, 0.1) is 0 Å². The first-order valence-electron chi connectivity index (χ1n) is 3.57. The monoisotopic (exact) mass is 179 g/mol. The summed E-state index contributed by atoms with van der Waals surface area (Å²) < 4.78 is 0. The van der Waals surface area contributed by atoms with Gasteiger partial charge in [0.25, 0.3) is 0 Å². The average Bonchev–Trinajstić information content (AvgIpc) is 2.06. The highest BCUT2D eigenvalue weighted by Crippen LogP contribution is 2.27. The lowest BCUT2D eigenvalue weighted by molar-refractivity contribution is 0.475. The molecule has 0 saturated heterocycles. The van der Waals surface area contributed by atoms with E-state index in [0.29, 0.717) is 0 Å². The number of phenols is 1. The first-order valence-corrected chi connectivity index (χ1v) is 4.45. The fraction of sp³-hybridized carbons (Fsp3) is 0.222. The van der Waals surface area contributed by atoms with Crippen LogP contribution in [0.15, 0.2) is 24.3 Å². The fourth-order valence-electron chi connectivity index (χ4n) is 0.892. The van der Waals surface area contributed by atoms with Crippen LogP contribution in [0.3, 0.4) is 0 Å². The van der Waals surface area contributed by atoms with E-state index in [1.807, 2.05) is 24.5 Å². The number of rotatable bonds is 2. The van der Waals surface area contributed by atoms with Crippen LogP contribution < -0.4 is 0 Å². The van der Waals surface area contributed by atoms with Crippen LogP contribution in [0.4, 0.5) is 0 Å². The molecule has 1 atom stereocenters. The maximum absolute atomic E-state index is 9.00. The molecule has 1 unspecified atom stereocenters. The molecule has 0 amide bonds. The van der Waals surface area contributed by atoms with Crippen LogP contribution in [-0.2, 0) is 0 Å². The summed E-state index contributed by atoms with van der Waals surface area (Å²) in [4.78, 5) is 0. The first-order chi connectivity index (χ1) is 5.74. The van der Waals surface area contributed by atoms with E-state index in [2.05, 4.69) is 0 Å². The van der Waals surface area contributed by atoms with Gasteiger partial charge in [-0.2, -0.15) is 5.26 Å². The lowest BCUT2D eigenvalue weighted by atomic mass is 10.2. The largest absolute Gasteiger partial charge is 0.508 e. The van der Waals surface area contributed by atoms with Gasteiger partial charge in [-0.3, -0.25) is 0 Å². The van der Waals surface area contributed by atoms with Gasteiger partial charge in [-0.25, -0.2) is 0 Å². The maximum atomic E-state index is 9.00. The van der Waals surface area contributed by atoms with Crippen molar-refractivity contribution in [2.75, 3.05) is 0 Å². The molecule has 0 heterocycles. The normalized spacial score (nSPS) is 12.0. The van der Waals surface area contributed by atoms with Gasteiger partial charge in [0.1, 0.15) is 11.2 Å². The summed E-state index contributed by atoms with van der Waals surface area (Å²) in [5, 5.41) is 19.6. The lowest BCUT2D eigenvalue weighted by Crippen LogP contribution is -1.84. The molecule has 1 N–H and O–H groups in total. The van der Waals surface area contributed by atoms with Crippen molar-refractivity contribution in [3.05, 3.63) is 29.8 Å². The predicted molar refractivity (Wildman–Crippen MR) is 49.7 cm³/mol. The SMILES string of the molecule is CC(SC#N)c1ccc(O)cc1. The molecule has 0 aliphatic rings. The summed E-state index contributed by atoms with van der Waals surface area (Å²) in [7, 11) is 0. The Morgan fingerprint density at radius 2 is 2.00 bits per heavy atom. The number of thiocyanates is 1. The van der Waals surface area contributed by atoms with E-state index in [1.54, 1.807) is 12.1 Å². The van der Waals surface area contributed by atoms with E-state index in [4.69, 9.17) is 10.4 Å². The Morgan fingerprint density at radius 3 is 2.50 bits per heavy atom. The molecule has 0 fully saturated rings. The third-order valence-electron chi connectivity index (χ3n) is 1.59. The minimum Gasteiger partial charge on any atom is -0.508 e. The van der Waals surface area contributed by atoms with Crippen molar-refractivity contribution in [2.24, 2.45) is 0 Å². The van der Waals surface area contributed by atoms with Gasteiger partial charge in [-0.1, -0.05) is 12.1 Å². The number of nitrogens with zero attached hydrogens (tertiary/aromatic N) is 1. The molecule has 0 aromatic heterocycles. The average molecular weight is 179 g/mol. The summed E-state index contributed by atoms with van der Waals surface area (Å²) in [5.41, 5.74) is 1.05. The van der Waals surface area contributed by atoms with Crippen molar-refractivity contribution in [1.29, 1.82) is 5.26 Å². The summed E-state index contributed by atoms with van der Waals surface area (Å²) in [6.07, 6.45) is 0. The van der Waals surface area contributed by atoms with Crippen molar-refractivity contribution in [1.82, 2.24) is 0 Å². The molecule has 1 aromatic rings. The van der Waals surface area contributed by atoms with E-state index in [-0.39, 0.29) is 11.0 Å². The Bertz CT molecular complexity index is 288. The number of aromatic hydroxyl groups is 1. The van der Waals surface area contributed by atoms with Crippen LogP contribution in [0.1, 0.15) is 17.7 Å². The number of hydrogen-bond donors (Lipinski definition) is 1. The predicted octanol–water partition coefficient (Wildman–Crippen LogP) is 2.67. The maximum Gasteiger partial charge on any atom is 0.133 e. The molecular formula is C9H9NOS. The topological polar surface area (TPSA) is 44.0 Å². The summed E-state index contributed by atoms with van der Waals surface area (Å²) in [6, 6.07) is 6.90. The third kappa shape index (κ3) is 2.18. The van der Waals surface area contributed by atoms with Crippen LogP contribution in [-0.4, -0.2) is 5.11 Å². The van der Waals surface area contributed by atoms with Crippen molar-refractivity contribution in [3.8, 4) is 11.2 Å². The van der Waals surface area contributed by atoms with Gasteiger partial charge in [-0.05, 0) is 36.4 Å². The van der Waals surface area contributed by atoms with Gasteiger partial charge in [0.2, 0.25) is 0 Å². The smallest absolute Gasteiger partial charge is 0.133 e. The minimum absolute atomic E-state index is 0.163. The molecule has 12 heavy (non-hydrogen) atoms. The lowest BCUT2D eigenvalue weighted by Gasteiger charge is -2.05. The zero-order chi connectivity index (χ0) is 8.97. The fourth-order valence-corrected chi connectivity index (χ4v) is 1.34. The molecule has 62 valence electrons. The van der Waals surface area contributed by atoms with E-state index < -0.39 is 0 Å². The van der Waals surface area contributed by atoms with Gasteiger partial charge >= 0.3 is 0 Å². The molecule has 1 aromatic carbocycles. The number of hydrogen-bond acceptors (Lipinski definition) is 3. The summed E-state index contributed by atoms with van der Waals surface area (Å²) >= 11 is 1.21. The van der Waals surface area contributed by atoms with Gasteiger partial charge in [0, 0.05) is 5.25 Å². The van der Waals surface area contributed by atoms with Crippen LogP contribution in [0.5, 0.6) is 5.75 Å². The third-order valence-corrected chi connectivity index (χ3v) is 2.32. The first kappa shape index (κ1) is 8.95. The van der Waals surface area contributed by atoms with E-state index in [9.17, 15) is 0 Å². The molecule has 0 bridgehead atoms. The van der Waals surface area contributed by atoms with Crippen molar-refractivity contribution < 1.29 is 5.11 Å². The number of nitriles is 1. The van der Waals surface area contributed by atoms with Crippen LogP contribution >= 0.6 is 11.8 Å².